The van der Waals surface area contributed by atoms with Crippen molar-refractivity contribution < 1.29 is 9.49 Å². The molecular formula is C14H15N2O2S+. The molecule has 5 heteroatoms. The number of fused-ring (bicyclic) bond motifs is 1. The van der Waals surface area contributed by atoms with E-state index < -0.39 is 0 Å². The van der Waals surface area contributed by atoms with Crippen LogP contribution in [0.15, 0.2) is 29.8 Å². The lowest BCUT2D eigenvalue weighted by molar-refractivity contribution is -0.599. The van der Waals surface area contributed by atoms with E-state index in [0.29, 0.717) is 0 Å². The second kappa shape index (κ2) is 5.09. The molecule has 2 aromatic rings. The number of rotatable bonds is 2. The first-order valence-electron chi connectivity index (χ1n) is 6.51. The second-order valence-electron chi connectivity index (χ2n) is 4.80. The van der Waals surface area contributed by atoms with Crippen LogP contribution in [0.2, 0.25) is 0 Å². The van der Waals surface area contributed by atoms with E-state index in [2.05, 4.69) is 10.1 Å². The van der Waals surface area contributed by atoms with Crippen molar-refractivity contribution in [3.05, 3.63) is 50.5 Å². The molecule has 0 spiro atoms. The molecule has 0 amide bonds. The Morgan fingerprint density at radius 1 is 1.11 bits per heavy atom. The summed E-state index contributed by atoms with van der Waals surface area (Å²) in [7, 11) is 0. The Hall–Kier alpha value is -1.75. The number of thiazole rings is 1. The summed E-state index contributed by atoms with van der Waals surface area (Å²) in [5.74, 6) is 0. The molecule has 0 bridgehead atoms. The third-order valence-corrected chi connectivity index (χ3v) is 4.61. The Kier molecular flexibility index (Phi) is 3.29. The summed E-state index contributed by atoms with van der Waals surface area (Å²) in [6.45, 7) is 0. The van der Waals surface area contributed by atoms with E-state index in [4.69, 9.17) is 0 Å². The molecule has 4 nitrogen and oxygen atoms in total. The SMILES string of the molecule is O=[N+]([O-])c1ccc(-[n+]2csc3c2CCCCC3)cc1. The molecule has 1 aliphatic rings. The van der Waals surface area contributed by atoms with Crippen molar-refractivity contribution in [1.29, 1.82) is 0 Å². The fourth-order valence-electron chi connectivity index (χ4n) is 2.55. The van der Waals surface area contributed by atoms with Gasteiger partial charge in [-0.1, -0.05) is 17.8 Å². The number of non-ortho nitro benzene ring substituents is 1. The predicted molar refractivity (Wildman–Crippen MR) is 73.8 cm³/mol. The first kappa shape index (κ1) is 12.3. The minimum atomic E-state index is -0.359. The van der Waals surface area contributed by atoms with Gasteiger partial charge in [-0.05, 0) is 19.3 Å². The van der Waals surface area contributed by atoms with E-state index in [1.54, 1.807) is 23.5 Å². The summed E-state index contributed by atoms with van der Waals surface area (Å²) in [6.07, 6.45) is 6.07. The molecule has 0 fully saturated rings. The number of aromatic nitrogens is 1. The topological polar surface area (TPSA) is 47.0 Å². The van der Waals surface area contributed by atoms with Crippen LogP contribution in [-0.2, 0) is 12.8 Å². The number of nitro groups is 1. The van der Waals surface area contributed by atoms with Gasteiger partial charge < -0.3 is 0 Å². The van der Waals surface area contributed by atoms with Gasteiger partial charge in [0.1, 0.15) is 0 Å². The summed E-state index contributed by atoms with van der Waals surface area (Å²) in [6, 6.07) is 6.80. The van der Waals surface area contributed by atoms with Crippen LogP contribution in [0, 0.1) is 10.1 Å². The summed E-state index contributed by atoms with van der Waals surface area (Å²) < 4.78 is 2.19. The van der Waals surface area contributed by atoms with Crippen molar-refractivity contribution in [3.63, 3.8) is 0 Å². The smallest absolute Gasteiger partial charge is 0.258 e. The van der Waals surface area contributed by atoms with Crippen LogP contribution in [0.1, 0.15) is 29.8 Å². The van der Waals surface area contributed by atoms with Gasteiger partial charge in [-0.3, -0.25) is 10.1 Å². The van der Waals surface area contributed by atoms with Gasteiger partial charge in [-0.2, -0.15) is 4.57 Å². The lowest BCUT2D eigenvalue weighted by Gasteiger charge is -1.97. The van der Waals surface area contributed by atoms with E-state index in [1.165, 1.54) is 36.3 Å². The maximum atomic E-state index is 10.7. The molecule has 0 saturated heterocycles. The fraction of sp³-hybridized carbons (Fsp3) is 0.357. The summed E-state index contributed by atoms with van der Waals surface area (Å²) in [5, 5.41) is 10.7. The number of benzene rings is 1. The first-order valence-corrected chi connectivity index (χ1v) is 7.39. The zero-order valence-corrected chi connectivity index (χ0v) is 11.4. The highest BCUT2D eigenvalue weighted by Crippen LogP contribution is 2.23. The Morgan fingerprint density at radius 3 is 2.58 bits per heavy atom. The van der Waals surface area contributed by atoms with Gasteiger partial charge in [0, 0.05) is 30.7 Å². The highest BCUT2D eigenvalue weighted by atomic mass is 32.1. The largest absolute Gasteiger partial charge is 0.269 e. The quantitative estimate of drug-likeness (QED) is 0.366. The number of aryl methyl sites for hydroxylation is 1. The molecule has 0 saturated carbocycles. The Bertz CT molecular complexity index is 604. The Balaban J connectivity index is 1.98. The minimum absolute atomic E-state index is 0.144. The van der Waals surface area contributed by atoms with Crippen LogP contribution in [0.25, 0.3) is 5.69 Å². The maximum absolute atomic E-state index is 10.7. The summed E-state index contributed by atoms with van der Waals surface area (Å²) in [5.41, 5.74) is 4.67. The van der Waals surface area contributed by atoms with Crippen LogP contribution >= 0.6 is 11.3 Å². The zero-order chi connectivity index (χ0) is 13.2. The van der Waals surface area contributed by atoms with Gasteiger partial charge in [0.25, 0.3) is 5.69 Å². The van der Waals surface area contributed by atoms with Crippen LogP contribution in [0.5, 0.6) is 0 Å². The number of hydrogen-bond acceptors (Lipinski definition) is 3. The average Bonchev–Trinajstić information content (AvgIpc) is 2.68. The normalized spacial score (nSPS) is 14.7. The van der Waals surface area contributed by atoms with E-state index in [0.717, 1.165) is 12.1 Å². The molecule has 1 aromatic heterocycles. The van der Waals surface area contributed by atoms with Crippen molar-refractivity contribution in [3.8, 4) is 5.69 Å². The average molecular weight is 275 g/mol. The zero-order valence-electron chi connectivity index (χ0n) is 10.5. The molecule has 1 aliphatic carbocycles. The maximum Gasteiger partial charge on any atom is 0.269 e. The van der Waals surface area contributed by atoms with Crippen molar-refractivity contribution in [2.75, 3.05) is 0 Å². The minimum Gasteiger partial charge on any atom is -0.258 e. The van der Waals surface area contributed by atoms with Crippen molar-refractivity contribution in [2.45, 2.75) is 32.1 Å². The van der Waals surface area contributed by atoms with Gasteiger partial charge in [0.05, 0.1) is 9.80 Å². The van der Waals surface area contributed by atoms with Crippen molar-refractivity contribution in [2.24, 2.45) is 0 Å². The Morgan fingerprint density at radius 2 is 1.84 bits per heavy atom. The van der Waals surface area contributed by atoms with Gasteiger partial charge in [0.15, 0.2) is 0 Å². The molecule has 19 heavy (non-hydrogen) atoms. The monoisotopic (exact) mass is 275 g/mol. The molecule has 0 radical (unpaired) electrons. The first-order chi connectivity index (χ1) is 9.25. The van der Waals surface area contributed by atoms with E-state index in [1.807, 2.05) is 12.1 Å². The molecule has 3 rings (SSSR count). The molecule has 1 aromatic carbocycles. The van der Waals surface area contributed by atoms with Gasteiger partial charge in [-0.25, -0.2) is 0 Å². The van der Waals surface area contributed by atoms with E-state index >= 15 is 0 Å². The standard InChI is InChI=1S/C14H15N2O2S/c17-16(18)12-8-6-11(7-9-12)15-10-19-14-5-3-1-2-4-13(14)15/h6-10H,1-5H2/q+1. The summed E-state index contributed by atoms with van der Waals surface area (Å²) >= 11 is 1.80. The lowest BCUT2D eigenvalue weighted by atomic mass is 10.2. The molecule has 0 atom stereocenters. The van der Waals surface area contributed by atoms with Gasteiger partial charge >= 0.3 is 0 Å². The number of nitro benzene ring substituents is 1. The van der Waals surface area contributed by atoms with Gasteiger partial charge in [0.2, 0.25) is 16.9 Å². The van der Waals surface area contributed by atoms with E-state index in [-0.39, 0.29) is 10.6 Å². The van der Waals surface area contributed by atoms with Crippen molar-refractivity contribution >= 4 is 17.0 Å². The molecular weight excluding hydrogens is 260 g/mol. The van der Waals surface area contributed by atoms with Crippen LogP contribution in [-0.4, -0.2) is 4.92 Å². The van der Waals surface area contributed by atoms with Gasteiger partial charge in [-0.15, -0.1) is 0 Å². The highest BCUT2D eigenvalue weighted by molar-refractivity contribution is 7.09. The summed E-state index contributed by atoms with van der Waals surface area (Å²) in [4.78, 5) is 11.8. The number of hydrogen-bond donors (Lipinski definition) is 0. The number of nitrogens with zero attached hydrogens (tertiary/aromatic N) is 2. The third-order valence-electron chi connectivity index (χ3n) is 3.57. The Labute approximate surface area is 115 Å². The highest BCUT2D eigenvalue weighted by Gasteiger charge is 2.23. The molecule has 0 aliphatic heterocycles. The molecule has 98 valence electrons. The van der Waals surface area contributed by atoms with Crippen LogP contribution in [0.4, 0.5) is 5.69 Å². The lowest BCUT2D eigenvalue weighted by Crippen LogP contribution is -2.32. The molecule has 0 N–H and O–H groups in total. The van der Waals surface area contributed by atoms with Crippen LogP contribution in [0.3, 0.4) is 0 Å². The predicted octanol–water partition coefficient (Wildman–Crippen LogP) is 3.20. The molecule has 0 unspecified atom stereocenters. The fourth-order valence-corrected chi connectivity index (χ4v) is 3.63. The van der Waals surface area contributed by atoms with E-state index in [9.17, 15) is 10.1 Å². The third kappa shape index (κ3) is 2.38. The second-order valence-corrected chi connectivity index (χ2v) is 5.74. The molecule has 1 heterocycles. The van der Waals surface area contributed by atoms with Crippen LogP contribution < -0.4 is 4.57 Å². The van der Waals surface area contributed by atoms with Crippen molar-refractivity contribution in [1.82, 2.24) is 0 Å².